The maximum atomic E-state index is 9.44. The Morgan fingerprint density at radius 3 is 1.49 bits per heavy atom. The summed E-state index contributed by atoms with van der Waals surface area (Å²) in [5.41, 5.74) is 8.67. The Bertz CT molecular complexity index is 2470. The molecule has 0 N–H and O–H groups in total. The minimum Gasteiger partial charge on any atom is -0.456 e. The summed E-state index contributed by atoms with van der Waals surface area (Å²) in [5, 5.41) is 23.1. The van der Waals surface area contributed by atoms with Crippen molar-refractivity contribution in [2.24, 2.45) is 0 Å². The fraction of sp³-hybridized carbons (Fsp3) is 0. The van der Waals surface area contributed by atoms with Crippen molar-refractivity contribution < 1.29 is 4.42 Å². The van der Waals surface area contributed by atoms with Crippen LogP contribution in [0.2, 0.25) is 0 Å². The summed E-state index contributed by atoms with van der Waals surface area (Å²) >= 11 is 0. The number of rotatable bonds is 6. The van der Waals surface area contributed by atoms with E-state index in [0.717, 1.165) is 66.8 Å². The molecule has 0 bridgehead atoms. The molecule has 220 valence electrons. The molecule has 0 amide bonds. The molecule has 5 nitrogen and oxygen atoms in total. The number of furan rings is 1. The number of anilines is 6. The van der Waals surface area contributed by atoms with Gasteiger partial charge < -0.3 is 14.2 Å². The quantitative estimate of drug-likeness (QED) is 0.189. The summed E-state index contributed by atoms with van der Waals surface area (Å²) < 4.78 is 6.61. The van der Waals surface area contributed by atoms with Gasteiger partial charge in [0, 0.05) is 50.7 Å². The highest BCUT2D eigenvalue weighted by atomic mass is 16.3. The molecule has 0 saturated heterocycles. The predicted octanol–water partition coefficient (Wildman–Crippen LogP) is 11.4. The topological polar surface area (TPSA) is 67.2 Å². The van der Waals surface area contributed by atoms with E-state index in [9.17, 15) is 10.5 Å². The van der Waals surface area contributed by atoms with Gasteiger partial charge in [0.05, 0.1) is 29.0 Å². The first-order chi connectivity index (χ1) is 23.2. The van der Waals surface area contributed by atoms with Gasteiger partial charge in [0.25, 0.3) is 0 Å². The van der Waals surface area contributed by atoms with E-state index in [1.54, 1.807) is 0 Å². The molecule has 7 aromatic carbocycles. The van der Waals surface area contributed by atoms with Gasteiger partial charge in [-0.2, -0.15) is 10.5 Å². The van der Waals surface area contributed by atoms with Crippen molar-refractivity contribution in [3.63, 3.8) is 0 Å². The van der Waals surface area contributed by atoms with Gasteiger partial charge in [-0.3, -0.25) is 0 Å². The Morgan fingerprint density at radius 1 is 0.404 bits per heavy atom. The third-order valence-corrected chi connectivity index (χ3v) is 8.48. The normalized spacial score (nSPS) is 10.9. The molecule has 8 aromatic rings. The molecule has 1 heterocycles. The molecule has 5 heteroatoms. The highest BCUT2D eigenvalue weighted by Gasteiger charge is 2.21. The van der Waals surface area contributed by atoms with E-state index in [1.807, 2.05) is 91.0 Å². The number of fused-ring (bicyclic) bond motifs is 5. The highest BCUT2D eigenvalue weighted by Crippen LogP contribution is 2.46. The Morgan fingerprint density at radius 2 is 0.894 bits per heavy atom. The fourth-order valence-electron chi connectivity index (χ4n) is 6.33. The van der Waals surface area contributed by atoms with Crippen LogP contribution in [0.15, 0.2) is 162 Å². The first-order valence-corrected chi connectivity index (χ1v) is 15.3. The van der Waals surface area contributed by atoms with Gasteiger partial charge in [-0.1, -0.05) is 60.7 Å². The second-order valence-corrected chi connectivity index (χ2v) is 11.3. The van der Waals surface area contributed by atoms with Crippen LogP contribution in [-0.4, -0.2) is 0 Å². The van der Waals surface area contributed by atoms with E-state index in [2.05, 4.69) is 88.7 Å². The minimum absolute atomic E-state index is 0.612. The van der Waals surface area contributed by atoms with Gasteiger partial charge in [0.15, 0.2) is 0 Å². The zero-order valence-electron chi connectivity index (χ0n) is 25.2. The average molecular weight is 603 g/mol. The Kier molecular flexibility index (Phi) is 6.84. The lowest BCUT2D eigenvalue weighted by Crippen LogP contribution is -2.10. The van der Waals surface area contributed by atoms with E-state index in [4.69, 9.17) is 4.42 Å². The molecule has 0 aliphatic carbocycles. The lowest BCUT2D eigenvalue weighted by Gasteiger charge is -2.27. The van der Waals surface area contributed by atoms with Crippen LogP contribution in [0.1, 0.15) is 11.1 Å². The molecule has 0 radical (unpaired) electrons. The summed E-state index contributed by atoms with van der Waals surface area (Å²) in [6, 6.07) is 57.1. The molecular formula is C42H26N4O. The second kappa shape index (κ2) is 11.6. The van der Waals surface area contributed by atoms with E-state index < -0.39 is 0 Å². The van der Waals surface area contributed by atoms with Gasteiger partial charge in [-0.05, 0) is 96.4 Å². The third kappa shape index (κ3) is 4.90. The SMILES string of the molecule is N#Cc1ccc(N(c2ccccc2)c2ccc3oc4cc(N(c5ccccc5)c5ccc(C#N)cc5)c5ccccc5c4c3c2)cc1. The van der Waals surface area contributed by atoms with Crippen LogP contribution in [0.5, 0.6) is 0 Å². The predicted molar refractivity (Wildman–Crippen MR) is 190 cm³/mol. The Balaban J connectivity index is 1.36. The summed E-state index contributed by atoms with van der Waals surface area (Å²) in [4.78, 5) is 4.40. The summed E-state index contributed by atoms with van der Waals surface area (Å²) in [7, 11) is 0. The molecule has 0 unspecified atom stereocenters. The molecule has 0 fully saturated rings. The number of hydrogen-bond donors (Lipinski definition) is 0. The Hall–Kier alpha value is -6.82. The van der Waals surface area contributed by atoms with Crippen molar-refractivity contribution >= 4 is 66.8 Å². The smallest absolute Gasteiger partial charge is 0.138 e. The summed E-state index contributed by atoms with van der Waals surface area (Å²) in [6.45, 7) is 0. The molecule has 0 saturated carbocycles. The van der Waals surface area contributed by atoms with Crippen molar-refractivity contribution in [3.8, 4) is 12.1 Å². The van der Waals surface area contributed by atoms with Gasteiger partial charge >= 0.3 is 0 Å². The van der Waals surface area contributed by atoms with Crippen LogP contribution < -0.4 is 9.80 Å². The largest absolute Gasteiger partial charge is 0.456 e. The molecule has 0 spiro atoms. The van der Waals surface area contributed by atoms with Crippen molar-refractivity contribution in [3.05, 3.63) is 169 Å². The zero-order valence-corrected chi connectivity index (χ0v) is 25.2. The van der Waals surface area contributed by atoms with Crippen LogP contribution in [-0.2, 0) is 0 Å². The first kappa shape index (κ1) is 27.7. The molecule has 0 aliphatic rings. The van der Waals surface area contributed by atoms with Crippen molar-refractivity contribution in [1.82, 2.24) is 0 Å². The fourth-order valence-corrected chi connectivity index (χ4v) is 6.33. The van der Waals surface area contributed by atoms with E-state index >= 15 is 0 Å². The van der Waals surface area contributed by atoms with Crippen molar-refractivity contribution in [2.45, 2.75) is 0 Å². The standard InChI is InChI=1S/C42H26N4O/c43-27-29-15-19-33(20-16-29)45(31-9-3-1-4-10-31)35-23-24-40-38(25-35)42-37-14-8-7-13-36(37)39(26-41(42)47-40)46(32-11-5-2-6-12-32)34-21-17-30(28-44)18-22-34/h1-26H. The van der Waals surface area contributed by atoms with Crippen LogP contribution >= 0.6 is 0 Å². The van der Waals surface area contributed by atoms with Gasteiger partial charge in [-0.15, -0.1) is 0 Å². The second-order valence-electron chi connectivity index (χ2n) is 11.3. The third-order valence-electron chi connectivity index (χ3n) is 8.48. The number of para-hydroxylation sites is 2. The van der Waals surface area contributed by atoms with Crippen LogP contribution in [0.4, 0.5) is 34.1 Å². The maximum Gasteiger partial charge on any atom is 0.138 e. The molecular weight excluding hydrogens is 576 g/mol. The number of hydrogen-bond acceptors (Lipinski definition) is 5. The van der Waals surface area contributed by atoms with Gasteiger partial charge in [0.2, 0.25) is 0 Å². The summed E-state index contributed by atoms with van der Waals surface area (Å²) in [6.07, 6.45) is 0. The van der Waals surface area contributed by atoms with Gasteiger partial charge in [-0.25, -0.2) is 0 Å². The monoisotopic (exact) mass is 602 g/mol. The highest BCUT2D eigenvalue weighted by molar-refractivity contribution is 6.23. The zero-order chi connectivity index (χ0) is 31.7. The number of benzene rings is 7. The minimum atomic E-state index is 0.612. The maximum absolute atomic E-state index is 9.44. The van der Waals surface area contributed by atoms with Crippen LogP contribution in [0, 0.1) is 22.7 Å². The number of nitriles is 2. The molecule has 8 rings (SSSR count). The van der Waals surface area contributed by atoms with Crippen LogP contribution in [0.25, 0.3) is 32.7 Å². The Labute approximate surface area is 272 Å². The summed E-state index contributed by atoms with van der Waals surface area (Å²) in [5.74, 6) is 0. The van der Waals surface area contributed by atoms with Crippen molar-refractivity contribution in [1.29, 1.82) is 10.5 Å². The van der Waals surface area contributed by atoms with Crippen molar-refractivity contribution in [2.75, 3.05) is 9.80 Å². The van der Waals surface area contributed by atoms with E-state index in [-0.39, 0.29) is 0 Å². The molecule has 0 atom stereocenters. The average Bonchev–Trinajstić information content (AvgIpc) is 3.51. The molecule has 0 aliphatic heterocycles. The number of nitrogens with zero attached hydrogens (tertiary/aromatic N) is 4. The first-order valence-electron chi connectivity index (χ1n) is 15.3. The van der Waals surface area contributed by atoms with E-state index in [1.165, 1.54) is 0 Å². The molecule has 47 heavy (non-hydrogen) atoms. The van der Waals surface area contributed by atoms with E-state index in [0.29, 0.717) is 11.1 Å². The van der Waals surface area contributed by atoms with Gasteiger partial charge in [0.1, 0.15) is 11.2 Å². The lowest BCUT2D eigenvalue weighted by molar-refractivity contribution is 0.669. The lowest BCUT2D eigenvalue weighted by atomic mass is 10.00. The molecule has 1 aromatic heterocycles. The van der Waals surface area contributed by atoms with Crippen LogP contribution in [0.3, 0.4) is 0 Å².